The van der Waals surface area contributed by atoms with Gasteiger partial charge in [0.25, 0.3) is 11.8 Å². The van der Waals surface area contributed by atoms with Gasteiger partial charge in [0.2, 0.25) is 0 Å². The van der Waals surface area contributed by atoms with E-state index in [1.165, 1.54) is 11.1 Å². The minimum atomic E-state index is -0.448. The molecule has 2 amide bonds. The Hall–Kier alpha value is -2.90. The van der Waals surface area contributed by atoms with Gasteiger partial charge in [0.15, 0.2) is 6.61 Å². The average molecular weight is 452 g/mol. The van der Waals surface area contributed by atoms with Gasteiger partial charge in [0.05, 0.1) is 6.10 Å². The molecule has 33 heavy (non-hydrogen) atoms. The van der Waals surface area contributed by atoms with Crippen LogP contribution in [0.15, 0.2) is 48.5 Å². The second kappa shape index (κ2) is 10.8. The Morgan fingerprint density at radius 3 is 2.52 bits per heavy atom. The molecule has 4 rings (SSSR count). The summed E-state index contributed by atoms with van der Waals surface area (Å²) < 4.78 is 5.65. The van der Waals surface area contributed by atoms with Gasteiger partial charge in [-0.15, -0.1) is 0 Å². The van der Waals surface area contributed by atoms with Crippen molar-refractivity contribution < 1.29 is 19.4 Å². The van der Waals surface area contributed by atoms with Crippen LogP contribution in [0.25, 0.3) is 0 Å². The van der Waals surface area contributed by atoms with Gasteiger partial charge in [-0.05, 0) is 61.6 Å². The molecule has 2 aromatic rings. The maximum atomic E-state index is 13.1. The molecule has 0 saturated carbocycles. The fraction of sp³-hybridized carbons (Fsp3) is 0.462. The summed E-state index contributed by atoms with van der Waals surface area (Å²) in [7, 11) is 1.95. The van der Waals surface area contributed by atoms with Crippen LogP contribution in [0.1, 0.15) is 46.7 Å². The molecule has 2 aliphatic heterocycles. The first-order chi connectivity index (χ1) is 16.0. The number of ether oxygens (including phenoxy) is 1. The van der Waals surface area contributed by atoms with E-state index >= 15 is 0 Å². The third-order valence-electron chi connectivity index (χ3n) is 6.54. The lowest BCUT2D eigenvalue weighted by Crippen LogP contribution is -2.38. The van der Waals surface area contributed by atoms with Gasteiger partial charge in [0, 0.05) is 38.3 Å². The third kappa shape index (κ3) is 5.92. The molecule has 2 aliphatic rings. The fourth-order valence-electron chi connectivity index (χ4n) is 4.68. The third-order valence-corrected chi connectivity index (χ3v) is 6.54. The molecule has 0 bridgehead atoms. The fourth-order valence-corrected chi connectivity index (χ4v) is 4.68. The Morgan fingerprint density at radius 1 is 1.03 bits per heavy atom. The number of aliphatic hydroxyl groups excluding tert-OH is 1. The molecule has 0 aromatic heterocycles. The SMILES string of the molecule is CNCc1cccc(C2CCN(C(=O)c3cccc(OCC(=O)N4CCC(O)C4)c3)CC2)c1. The summed E-state index contributed by atoms with van der Waals surface area (Å²) in [6.07, 6.45) is 2.05. The monoisotopic (exact) mass is 451 g/mol. The first-order valence-electron chi connectivity index (χ1n) is 11.7. The molecule has 7 heteroatoms. The van der Waals surface area contributed by atoms with Crippen molar-refractivity contribution in [2.45, 2.75) is 37.8 Å². The molecule has 0 radical (unpaired) electrons. The topological polar surface area (TPSA) is 82.1 Å². The molecule has 176 valence electrons. The Labute approximate surface area is 195 Å². The number of carbonyl (C=O) groups excluding carboxylic acids is 2. The molecule has 2 aromatic carbocycles. The predicted octanol–water partition coefficient (Wildman–Crippen LogP) is 2.40. The van der Waals surface area contributed by atoms with Gasteiger partial charge in [0.1, 0.15) is 5.75 Å². The van der Waals surface area contributed by atoms with Crippen LogP contribution in [0.5, 0.6) is 5.75 Å². The van der Waals surface area contributed by atoms with Crippen LogP contribution >= 0.6 is 0 Å². The zero-order valence-electron chi connectivity index (χ0n) is 19.2. The van der Waals surface area contributed by atoms with Gasteiger partial charge >= 0.3 is 0 Å². The number of amides is 2. The van der Waals surface area contributed by atoms with Crippen molar-refractivity contribution in [3.05, 3.63) is 65.2 Å². The number of benzene rings is 2. The molecule has 0 spiro atoms. The van der Waals surface area contributed by atoms with E-state index in [2.05, 4.69) is 29.6 Å². The van der Waals surface area contributed by atoms with Gasteiger partial charge in [-0.1, -0.05) is 30.3 Å². The average Bonchev–Trinajstić information content (AvgIpc) is 3.29. The van der Waals surface area contributed by atoms with Crippen LogP contribution in [0.4, 0.5) is 0 Å². The Bertz CT molecular complexity index is 972. The Balaban J connectivity index is 1.31. The van der Waals surface area contributed by atoms with E-state index in [1.807, 2.05) is 11.9 Å². The lowest BCUT2D eigenvalue weighted by Gasteiger charge is -2.32. The maximum Gasteiger partial charge on any atom is 0.260 e. The number of β-amino-alcohol motifs (C(OH)–C–C–N with tert-alkyl or cyclic N) is 1. The number of rotatable bonds is 7. The molecule has 2 saturated heterocycles. The minimum Gasteiger partial charge on any atom is -0.484 e. The number of aliphatic hydroxyl groups is 1. The highest BCUT2D eigenvalue weighted by Crippen LogP contribution is 2.29. The maximum absolute atomic E-state index is 13.1. The van der Waals surface area contributed by atoms with Crippen molar-refractivity contribution in [1.82, 2.24) is 15.1 Å². The second-order valence-electron chi connectivity index (χ2n) is 8.94. The van der Waals surface area contributed by atoms with Gasteiger partial charge in [-0.2, -0.15) is 0 Å². The summed E-state index contributed by atoms with van der Waals surface area (Å²) in [5, 5.41) is 12.8. The predicted molar refractivity (Wildman–Crippen MR) is 126 cm³/mol. The molecule has 2 N–H and O–H groups in total. The smallest absolute Gasteiger partial charge is 0.260 e. The van der Waals surface area contributed by atoms with E-state index in [0.29, 0.717) is 36.7 Å². The van der Waals surface area contributed by atoms with Crippen molar-refractivity contribution in [3.8, 4) is 5.75 Å². The second-order valence-corrected chi connectivity index (χ2v) is 8.94. The normalized spacial score (nSPS) is 19.0. The van der Waals surface area contributed by atoms with E-state index in [4.69, 9.17) is 4.74 Å². The molecule has 2 heterocycles. The number of nitrogens with zero attached hydrogens (tertiary/aromatic N) is 2. The highest BCUT2D eigenvalue weighted by Gasteiger charge is 2.26. The van der Waals surface area contributed by atoms with Crippen LogP contribution in [0.2, 0.25) is 0 Å². The number of carbonyl (C=O) groups is 2. The number of likely N-dealkylation sites (tertiary alicyclic amines) is 2. The summed E-state index contributed by atoms with van der Waals surface area (Å²) in [6.45, 7) is 3.12. The van der Waals surface area contributed by atoms with E-state index < -0.39 is 6.10 Å². The van der Waals surface area contributed by atoms with Gasteiger partial charge in [-0.25, -0.2) is 0 Å². The molecule has 1 atom stereocenters. The van der Waals surface area contributed by atoms with Crippen molar-refractivity contribution >= 4 is 11.8 Å². The number of piperidine rings is 1. The van der Waals surface area contributed by atoms with Crippen molar-refractivity contribution in [3.63, 3.8) is 0 Å². The summed E-state index contributed by atoms with van der Waals surface area (Å²) in [4.78, 5) is 28.8. The largest absolute Gasteiger partial charge is 0.484 e. The molecule has 2 fully saturated rings. The van der Waals surface area contributed by atoms with Gasteiger partial charge < -0.3 is 25.0 Å². The summed E-state index contributed by atoms with van der Waals surface area (Å²) >= 11 is 0. The van der Waals surface area contributed by atoms with E-state index in [-0.39, 0.29) is 18.4 Å². The Kier molecular flexibility index (Phi) is 7.62. The summed E-state index contributed by atoms with van der Waals surface area (Å²) in [5.74, 6) is 0.821. The van der Waals surface area contributed by atoms with E-state index in [1.54, 1.807) is 29.2 Å². The first kappa shape index (κ1) is 23.3. The van der Waals surface area contributed by atoms with Crippen LogP contribution in [-0.2, 0) is 11.3 Å². The number of hydrogen-bond donors (Lipinski definition) is 2. The van der Waals surface area contributed by atoms with Crippen molar-refractivity contribution in [2.75, 3.05) is 39.8 Å². The van der Waals surface area contributed by atoms with E-state index in [9.17, 15) is 14.7 Å². The van der Waals surface area contributed by atoms with Crippen LogP contribution in [0, 0.1) is 0 Å². The summed E-state index contributed by atoms with van der Waals surface area (Å²) in [5.41, 5.74) is 3.20. The molecule has 0 aliphatic carbocycles. The quantitative estimate of drug-likeness (QED) is 0.676. The highest BCUT2D eigenvalue weighted by atomic mass is 16.5. The zero-order valence-corrected chi connectivity index (χ0v) is 19.2. The van der Waals surface area contributed by atoms with Crippen molar-refractivity contribution in [2.24, 2.45) is 0 Å². The standard InChI is InChI=1S/C26H33N3O4/c1-27-16-19-4-2-5-21(14-19)20-8-11-28(12-9-20)26(32)22-6-3-7-24(15-22)33-18-25(31)29-13-10-23(30)17-29/h2-7,14-15,20,23,27,30H,8-13,16-18H2,1H3. The molecular weight excluding hydrogens is 418 g/mol. The lowest BCUT2D eigenvalue weighted by molar-refractivity contribution is -0.132. The van der Waals surface area contributed by atoms with E-state index in [0.717, 1.165) is 32.5 Å². The van der Waals surface area contributed by atoms with Crippen LogP contribution in [0.3, 0.4) is 0 Å². The van der Waals surface area contributed by atoms with Crippen molar-refractivity contribution in [1.29, 1.82) is 0 Å². The minimum absolute atomic E-state index is 0.00294. The Morgan fingerprint density at radius 2 is 1.79 bits per heavy atom. The first-order valence-corrected chi connectivity index (χ1v) is 11.7. The summed E-state index contributed by atoms with van der Waals surface area (Å²) in [6, 6.07) is 15.7. The zero-order chi connectivity index (χ0) is 23.2. The molecule has 7 nitrogen and oxygen atoms in total. The molecular formula is C26H33N3O4. The molecule has 1 unspecified atom stereocenters. The number of hydrogen-bond acceptors (Lipinski definition) is 5. The van der Waals surface area contributed by atoms with Crippen LogP contribution < -0.4 is 10.1 Å². The van der Waals surface area contributed by atoms with Gasteiger partial charge in [-0.3, -0.25) is 9.59 Å². The number of nitrogens with one attached hydrogen (secondary N) is 1. The highest BCUT2D eigenvalue weighted by molar-refractivity contribution is 5.94. The van der Waals surface area contributed by atoms with Crippen LogP contribution in [-0.4, -0.2) is 72.7 Å². The lowest BCUT2D eigenvalue weighted by atomic mass is 9.88.